The van der Waals surface area contributed by atoms with Crippen LogP contribution in [0.3, 0.4) is 0 Å². The Morgan fingerprint density at radius 1 is 1.33 bits per heavy atom. The molecule has 18 heavy (non-hydrogen) atoms. The fourth-order valence-electron chi connectivity index (χ4n) is 2.57. The molecule has 1 atom stereocenters. The number of hydrogen-bond donors (Lipinski definition) is 1. The predicted octanol–water partition coefficient (Wildman–Crippen LogP) is 2.23. The van der Waals surface area contributed by atoms with Crippen molar-refractivity contribution in [1.82, 2.24) is 4.90 Å². The number of carbonyl (C=O) groups is 1. The first-order valence-electron chi connectivity index (χ1n) is 6.44. The normalized spacial score (nSPS) is 20.8. The SMILES string of the molecule is NC(=O)CCN1CCCC[C@@H]1c1ccc(F)cc1. The van der Waals surface area contributed by atoms with Crippen molar-refractivity contribution in [1.29, 1.82) is 0 Å². The van der Waals surface area contributed by atoms with E-state index in [2.05, 4.69) is 4.90 Å². The number of primary amides is 1. The Hall–Kier alpha value is -1.42. The maximum Gasteiger partial charge on any atom is 0.218 e. The van der Waals surface area contributed by atoms with Gasteiger partial charge in [0, 0.05) is 19.0 Å². The van der Waals surface area contributed by atoms with Gasteiger partial charge in [-0.05, 0) is 37.1 Å². The Morgan fingerprint density at radius 3 is 2.72 bits per heavy atom. The Labute approximate surface area is 107 Å². The molecule has 2 rings (SSSR count). The van der Waals surface area contributed by atoms with Crippen molar-refractivity contribution in [3.63, 3.8) is 0 Å². The minimum atomic E-state index is -0.265. The monoisotopic (exact) mass is 250 g/mol. The van der Waals surface area contributed by atoms with E-state index in [0.717, 1.165) is 24.9 Å². The number of halogens is 1. The van der Waals surface area contributed by atoms with Gasteiger partial charge in [0.2, 0.25) is 5.91 Å². The summed E-state index contributed by atoms with van der Waals surface area (Å²) in [6, 6.07) is 6.95. The van der Waals surface area contributed by atoms with Crippen LogP contribution in [0, 0.1) is 5.82 Å². The molecular weight excluding hydrogens is 231 g/mol. The smallest absolute Gasteiger partial charge is 0.218 e. The van der Waals surface area contributed by atoms with E-state index >= 15 is 0 Å². The summed E-state index contributed by atoms with van der Waals surface area (Å²) in [5.41, 5.74) is 6.32. The summed E-state index contributed by atoms with van der Waals surface area (Å²) in [6.07, 6.45) is 3.77. The van der Waals surface area contributed by atoms with Crippen LogP contribution in [-0.4, -0.2) is 23.9 Å². The van der Waals surface area contributed by atoms with E-state index in [0.29, 0.717) is 19.0 Å². The Kier molecular flexibility index (Phi) is 4.31. The number of nitrogens with two attached hydrogens (primary N) is 1. The van der Waals surface area contributed by atoms with Crippen LogP contribution in [0.5, 0.6) is 0 Å². The Morgan fingerprint density at radius 2 is 2.06 bits per heavy atom. The topological polar surface area (TPSA) is 46.3 Å². The third kappa shape index (κ3) is 3.29. The predicted molar refractivity (Wildman–Crippen MR) is 68.4 cm³/mol. The van der Waals surface area contributed by atoms with Crippen LogP contribution >= 0.6 is 0 Å². The van der Waals surface area contributed by atoms with Crippen LogP contribution in [0.15, 0.2) is 24.3 Å². The van der Waals surface area contributed by atoms with Crippen LogP contribution in [0.2, 0.25) is 0 Å². The molecular formula is C14H19FN2O. The molecule has 0 aromatic heterocycles. The molecule has 0 spiro atoms. The van der Waals surface area contributed by atoms with Crippen LogP contribution in [0.4, 0.5) is 4.39 Å². The van der Waals surface area contributed by atoms with Gasteiger partial charge in [0.1, 0.15) is 5.82 Å². The van der Waals surface area contributed by atoms with Crippen molar-refractivity contribution in [2.24, 2.45) is 5.73 Å². The minimum Gasteiger partial charge on any atom is -0.370 e. The molecule has 1 heterocycles. The average Bonchev–Trinajstić information content (AvgIpc) is 2.38. The standard InChI is InChI=1S/C14H19FN2O/c15-12-6-4-11(5-7-12)13-3-1-2-9-17(13)10-8-14(16)18/h4-7,13H,1-3,8-10H2,(H2,16,18)/t13-/m1/s1. The number of amides is 1. The highest BCUT2D eigenvalue weighted by atomic mass is 19.1. The van der Waals surface area contributed by atoms with Crippen LogP contribution < -0.4 is 5.73 Å². The maximum absolute atomic E-state index is 12.9. The first kappa shape index (κ1) is 13.0. The molecule has 1 aliphatic rings. The van der Waals surface area contributed by atoms with E-state index in [1.54, 1.807) is 0 Å². The lowest BCUT2D eigenvalue weighted by atomic mass is 9.95. The highest BCUT2D eigenvalue weighted by Gasteiger charge is 2.23. The van der Waals surface area contributed by atoms with Gasteiger partial charge in [-0.2, -0.15) is 0 Å². The second kappa shape index (κ2) is 5.96. The summed E-state index contributed by atoms with van der Waals surface area (Å²) < 4.78 is 12.9. The van der Waals surface area contributed by atoms with E-state index < -0.39 is 0 Å². The molecule has 0 aliphatic carbocycles. The number of carbonyl (C=O) groups excluding carboxylic acids is 1. The molecule has 98 valence electrons. The molecule has 1 aromatic rings. The van der Waals surface area contributed by atoms with Gasteiger partial charge in [0.05, 0.1) is 0 Å². The lowest BCUT2D eigenvalue weighted by Crippen LogP contribution is -2.35. The first-order chi connectivity index (χ1) is 8.66. The third-order valence-electron chi connectivity index (χ3n) is 3.51. The molecule has 1 fully saturated rings. The van der Waals surface area contributed by atoms with Gasteiger partial charge in [-0.15, -0.1) is 0 Å². The van der Waals surface area contributed by atoms with E-state index in [4.69, 9.17) is 5.73 Å². The Balaban J connectivity index is 2.07. The lowest BCUT2D eigenvalue weighted by Gasteiger charge is -2.35. The lowest BCUT2D eigenvalue weighted by molar-refractivity contribution is -0.118. The molecule has 0 bridgehead atoms. The van der Waals surface area contributed by atoms with E-state index in [1.807, 2.05) is 12.1 Å². The number of hydrogen-bond acceptors (Lipinski definition) is 2. The summed E-state index contributed by atoms with van der Waals surface area (Å²) in [5, 5.41) is 0. The van der Waals surface area contributed by atoms with Gasteiger partial charge in [0.25, 0.3) is 0 Å². The molecule has 2 N–H and O–H groups in total. The molecule has 0 unspecified atom stereocenters. The van der Waals surface area contributed by atoms with Crippen LogP contribution in [-0.2, 0) is 4.79 Å². The first-order valence-corrected chi connectivity index (χ1v) is 6.44. The second-order valence-electron chi connectivity index (χ2n) is 4.82. The molecule has 1 aromatic carbocycles. The van der Waals surface area contributed by atoms with Crippen LogP contribution in [0.1, 0.15) is 37.3 Å². The van der Waals surface area contributed by atoms with Gasteiger partial charge in [0.15, 0.2) is 0 Å². The number of likely N-dealkylation sites (tertiary alicyclic amines) is 1. The van der Waals surface area contributed by atoms with Crippen molar-refractivity contribution < 1.29 is 9.18 Å². The summed E-state index contributed by atoms with van der Waals surface area (Å²) >= 11 is 0. The van der Waals surface area contributed by atoms with Crippen molar-refractivity contribution in [2.45, 2.75) is 31.7 Å². The fraction of sp³-hybridized carbons (Fsp3) is 0.500. The van der Waals surface area contributed by atoms with Crippen molar-refractivity contribution in [2.75, 3.05) is 13.1 Å². The number of nitrogens with zero attached hydrogens (tertiary/aromatic N) is 1. The molecule has 4 heteroatoms. The molecule has 0 saturated carbocycles. The number of benzene rings is 1. The van der Waals surface area contributed by atoms with E-state index in [-0.39, 0.29) is 11.7 Å². The zero-order valence-electron chi connectivity index (χ0n) is 10.4. The summed E-state index contributed by atoms with van der Waals surface area (Å²) in [5.74, 6) is -0.475. The number of rotatable bonds is 4. The average molecular weight is 250 g/mol. The largest absolute Gasteiger partial charge is 0.370 e. The minimum absolute atomic E-state index is 0.210. The van der Waals surface area contributed by atoms with Crippen molar-refractivity contribution in [3.8, 4) is 0 Å². The fourth-order valence-corrected chi connectivity index (χ4v) is 2.57. The Bertz CT molecular complexity index is 405. The van der Waals surface area contributed by atoms with Gasteiger partial charge in [-0.3, -0.25) is 9.69 Å². The second-order valence-corrected chi connectivity index (χ2v) is 4.82. The van der Waals surface area contributed by atoms with Gasteiger partial charge in [-0.25, -0.2) is 4.39 Å². The molecule has 3 nitrogen and oxygen atoms in total. The quantitative estimate of drug-likeness (QED) is 0.890. The zero-order chi connectivity index (χ0) is 13.0. The summed E-state index contributed by atoms with van der Waals surface area (Å²) in [7, 11) is 0. The molecule has 1 saturated heterocycles. The van der Waals surface area contributed by atoms with Gasteiger partial charge >= 0.3 is 0 Å². The van der Waals surface area contributed by atoms with Crippen molar-refractivity contribution >= 4 is 5.91 Å². The zero-order valence-corrected chi connectivity index (χ0v) is 10.4. The maximum atomic E-state index is 12.9. The molecule has 1 aliphatic heterocycles. The highest BCUT2D eigenvalue weighted by molar-refractivity contribution is 5.73. The van der Waals surface area contributed by atoms with Gasteiger partial charge < -0.3 is 5.73 Å². The van der Waals surface area contributed by atoms with E-state index in [9.17, 15) is 9.18 Å². The third-order valence-corrected chi connectivity index (χ3v) is 3.51. The highest BCUT2D eigenvalue weighted by Crippen LogP contribution is 2.30. The van der Waals surface area contributed by atoms with Gasteiger partial charge in [-0.1, -0.05) is 18.6 Å². The summed E-state index contributed by atoms with van der Waals surface area (Å²) in [6.45, 7) is 1.67. The van der Waals surface area contributed by atoms with Crippen molar-refractivity contribution in [3.05, 3.63) is 35.6 Å². The summed E-state index contributed by atoms with van der Waals surface area (Å²) in [4.78, 5) is 13.2. The molecule has 0 radical (unpaired) electrons. The molecule has 1 amide bonds. The van der Waals surface area contributed by atoms with Crippen LogP contribution in [0.25, 0.3) is 0 Å². The van der Waals surface area contributed by atoms with E-state index in [1.165, 1.54) is 18.6 Å². The number of piperidine rings is 1.